The molecule has 1 aliphatic rings. The van der Waals surface area contributed by atoms with Crippen molar-refractivity contribution in [3.05, 3.63) is 46.3 Å². The van der Waals surface area contributed by atoms with Gasteiger partial charge in [0.25, 0.3) is 5.91 Å². The van der Waals surface area contributed by atoms with E-state index in [1.54, 1.807) is 0 Å². The van der Waals surface area contributed by atoms with Crippen molar-refractivity contribution in [1.29, 1.82) is 0 Å². The van der Waals surface area contributed by atoms with Crippen LogP contribution in [-0.2, 0) is 0 Å². The number of pyridine rings is 1. The number of piperidine rings is 1. The van der Waals surface area contributed by atoms with E-state index >= 15 is 0 Å². The summed E-state index contributed by atoms with van der Waals surface area (Å²) in [4.78, 5) is 20.2. The second-order valence-corrected chi connectivity index (χ2v) is 6.61. The van der Waals surface area contributed by atoms with Gasteiger partial charge < -0.3 is 15.6 Å². The lowest BCUT2D eigenvalue weighted by Gasteiger charge is -2.21. The summed E-state index contributed by atoms with van der Waals surface area (Å²) < 4.78 is 0. The van der Waals surface area contributed by atoms with Crippen molar-refractivity contribution in [1.82, 2.24) is 15.3 Å². The molecule has 1 amide bonds. The summed E-state index contributed by atoms with van der Waals surface area (Å²) in [5.41, 5.74) is 3.92. The molecule has 23 heavy (non-hydrogen) atoms. The maximum absolute atomic E-state index is 12.2. The lowest BCUT2D eigenvalue weighted by Crippen LogP contribution is -2.26. The first kappa shape index (κ1) is 14.4. The maximum atomic E-state index is 12.2. The van der Waals surface area contributed by atoms with Crippen LogP contribution in [0.3, 0.4) is 0 Å². The van der Waals surface area contributed by atoms with Crippen LogP contribution in [0.25, 0.3) is 11.0 Å². The minimum absolute atomic E-state index is 0.114. The summed E-state index contributed by atoms with van der Waals surface area (Å²) >= 11 is 1.51. The normalized spacial score (nSPS) is 15.8. The molecule has 3 N–H and O–H groups in total. The van der Waals surface area contributed by atoms with Crippen molar-refractivity contribution in [2.75, 3.05) is 18.4 Å². The molecular formula is C17H18N4OS. The number of thiophene rings is 1. The van der Waals surface area contributed by atoms with Crippen molar-refractivity contribution in [3.8, 4) is 0 Å². The third-order valence-electron chi connectivity index (χ3n) is 4.36. The van der Waals surface area contributed by atoms with Crippen LogP contribution in [0.2, 0.25) is 0 Å². The molecule has 0 spiro atoms. The lowest BCUT2D eigenvalue weighted by atomic mass is 9.91. The minimum atomic E-state index is -0.114. The molecule has 1 fully saturated rings. The number of aromatic nitrogens is 2. The van der Waals surface area contributed by atoms with E-state index in [2.05, 4.69) is 26.8 Å². The zero-order valence-corrected chi connectivity index (χ0v) is 13.5. The fourth-order valence-corrected chi connectivity index (χ4v) is 3.75. The van der Waals surface area contributed by atoms with Crippen LogP contribution in [0, 0.1) is 0 Å². The van der Waals surface area contributed by atoms with Crippen LogP contribution in [0.4, 0.5) is 5.82 Å². The summed E-state index contributed by atoms with van der Waals surface area (Å²) in [7, 11) is 0. The molecule has 0 aliphatic carbocycles. The summed E-state index contributed by atoms with van der Waals surface area (Å²) in [5.74, 6) is 1.01. The smallest absolute Gasteiger partial charge is 0.257 e. The van der Waals surface area contributed by atoms with Gasteiger partial charge in [-0.3, -0.25) is 4.79 Å². The van der Waals surface area contributed by atoms with Gasteiger partial charge in [0, 0.05) is 11.6 Å². The molecule has 0 saturated carbocycles. The van der Waals surface area contributed by atoms with Crippen molar-refractivity contribution < 1.29 is 4.79 Å². The van der Waals surface area contributed by atoms with E-state index in [9.17, 15) is 4.79 Å². The molecule has 3 aromatic heterocycles. The zero-order chi connectivity index (χ0) is 15.6. The van der Waals surface area contributed by atoms with E-state index in [4.69, 9.17) is 0 Å². The first-order chi connectivity index (χ1) is 11.3. The predicted octanol–water partition coefficient (Wildman–Crippen LogP) is 3.34. The van der Waals surface area contributed by atoms with Crippen molar-refractivity contribution in [3.63, 3.8) is 0 Å². The Balaban J connectivity index is 1.62. The number of aromatic amines is 1. The molecule has 0 aromatic carbocycles. The first-order valence-corrected chi connectivity index (χ1v) is 8.78. The second kappa shape index (κ2) is 6.14. The van der Waals surface area contributed by atoms with Crippen molar-refractivity contribution in [2.45, 2.75) is 18.8 Å². The van der Waals surface area contributed by atoms with Gasteiger partial charge in [0.15, 0.2) is 0 Å². The number of fused-ring (bicyclic) bond motifs is 1. The number of amides is 1. The van der Waals surface area contributed by atoms with Gasteiger partial charge in [-0.2, -0.15) is 11.3 Å². The van der Waals surface area contributed by atoms with Gasteiger partial charge in [-0.1, -0.05) is 0 Å². The van der Waals surface area contributed by atoms with Crippen molar-refractivity contribution in [2.24, 2.45) is 0 Å². The quantitative estimate of drug-likeness (QED) is 0.691. The Labute approximate surface area is 138 Å². The highest BCUT2D eigenvalue weighted by molar-refractivity contribution is 7.08. The van der Waals surface area contributed by atoms with Gasteiger partial charge in [-0.25, -0.2) is 4.98 Å². The average molecular weight is 326 g/mol. The second-order valence-electron chi connectivity index (χ2n) is 5.83. The Morgan fingerprint density at radius 1 is 1.26 bits per heavy atom. The molecule has 1 aliphatic heterocycles. The molecule has 118 valence electrons. The van der Waals surface area contributed by atoms with Crippen LogP contribution in [0.5, 0.6) is 0 Å². The average Bonchev–Trinajstić information content (AvgIpc) is 3.25. The van der Waals surface area contributed by atoms with E-state index in [1.807, 2.05) is 29.0 Å². The summed E-state index contributed by atoms with van der Waals surface area (Å²) in [6.45, 7) is 2.10. The summed E-state index contributed by atoms with van der Waals surface area (Å²) in [5, 5.41) is 10.0. The number of hydrogen-bond donors (Lipinski definition) is 3. The minimum Gasteiger partial charge on any atom is -0.360 e. The lowest BCUT2D eigenvalue weighted by molar-refractivity contribution is 0.102. The molecule has 0 radical (unpaired) electrons. The standard InChI is InChI=1S/C17H18N4OS/c22-17(12-5-8-23-10-12)21-15-2-1-14-16(20-15)13(9-19-14)11-3-6-18-7-4-11/h1-2,5,8-11,18-19H,3-4,6-7H2,(H,20,21,22). The molecule has 3 aromatic rings. The number of anilines is 1. The molecule has 0 bridgehead atoms. The zero-order valence-electron chi connectivity index (χ0n) is 12.6. The Kier molecular flexibility index (Phi) is 3.85. The molecule has 6 heteroatoms. The van der Waals surface area contributed by atoms with Gasteiger partial charge in [0.1, 0.15) is 5.82 Å². The summed E-state index contributed by atoms with van der Waals surface area (Å²) in [6, 6.07) is 5.64. The van der Waals surface area contributed by atoms with E-state index in [0.29, 0.717) is 17.3 Å². The number of H-pyrrole nitrogens is 1. The number of hydrogen-bond acceptors (Lipinski definition) is 4. The maximum Gasteiger partial charge on any atom is 0.257 e. The van der Waals surface area contributed by atoms with Gasteiger partial charge in [0.05, 0.1) is 16.6 Å². The monoisotopic (exact) mass is 326 g/mol. The Hall–Kier alpha value is -2.18. The number of nitrogens with zero attached hydrogens (tertiary/aromatic N) is 1. The molecule has 4 heterocycles. The molecule has 4 rings (SSSR count). The molecule has 0 atom stereocenters. The molecular weight excluding hydrogens is 308 g/mol. The van der Waals surface area contributed by atoms with Crippen LogP contribution in [-0.4, -0.2) is 29.0 Å². The highest BCUT2D eigenvalue weighted by Gasteiger charge is 2.19. The van der Waals surface area contributed by atoms with E-state index in [0.717, 1.165) is 37.0 Å². The van der Waals surface area contributed by atoms with E-state index in [1.165, 1.54) is 16.9 Å². The number of carbonyl (C=O) groups is 1. The Bertz CT molecular complexity index is 818. The first-order valence-electron chi connectivity index (χ1n) is 7.83. The van der Waals surface area contributed by atoms with E-state index in [-0.39, 0.29) is 5.91 Å². The number of rotatable bonds is 3. The van der Waals surface area contributed by atoms with Gasteiger partial charge in [0.2, 0.25) is 0 Å². The Morgan fingerprint density at radius 2 is 2.13 bits per heavy atom. The van der Waals surface area contributed by atoms with Crippen LogP contribution in [0.15, 0.2) is 35.2 Å². The third kappa shape index (κ3) is 2.87. The van der Waals surface area contributed by atoms with Crippen molar-refractivity contribution >= 4 is 34.1 Å². The summed E-state index contributed by atoms with van der Waals surface area (Å²) in [6.07, 6.45) is 4.32. The topological polar surface area (TPSA) is 69.8 Å². The molecule has 1 saturated heterocycles. The Morgan fingerprint density at radius 3 is 2.91 bits per heavy atom. The van der Waals surface area contributed by atoms with Gasteiger partial charge in [-0.15, -0.1) is 0 Å². The molecule has 5 nitrogen and oxygen atoms in total. The van der Waals surface area contributed by atoms with E-state index < -0.39 is 0 Å². The molecule has 0 unspecified atom stereocenters. The SMILES string of the molecule is O=C(Nc1ccc2[nH]cc(C3CCNCC3)c2n1)c1ccsc1. The predicted molar refractivity (Wildman–Crippen MR) is 93.2 cm³/mol. The largest absolute Gasteiger partial charge is 0.360 e. The van der Waals surface area contributed by atoms with Crippen LogP contribution >= 0.6 is 11.3 Å². The fraction of sp³-hybridized carbons (Fsp3) is 0.294. The fourth-order valence-electron chi connectivity index (χ4n) is 3.12. The van der Waals surface area contributed by atoms with Gasteiger partial charge in [-0.05, 0) is 61.0 Å². The van der Waals surface area contributed by atoms with Crippen LogP contribution < -0.4 is 10.6 Å². The van der Waals surface area contributed by atoms with Crippen LogP contribution in [0.1, 0.15) is 34.7 Å². The highest BCUT2D eigenvalue weighted by Crippen LogP contribution is 2.31. The third-order valence-corrected chi connectivity index (χ3v) is 5.04. The number of carbonyl (C=O) groups excluding carboxylic acids is 1. The van der Waals surface area contributed by atoms with Gasteiger partial charge >= 0.3 is 0 Å². The highest BCUT2D eigenvalue weighted by atomic mass is 32.1. The number of nitrogens with one attached hydrogen (secondary N) is 3.